The lowest BCUT2D eigenvalue weighted by Gasteiger charge is -2.59. The molecule has 4 heteroatoms. The van der Waals surface area contributed by atoms with E-state index in [4.69, 9.17) is 5.21 Å². The molecule has 3 N–H and O–H groups in total. The first kappa shape index (κ1) is 17.0. The highest BCUT2D eigenvalue weighted by molar-refractivity contribution is 5.17. The smallest absolute Gasteiger partial charge is 0.128 e. The summed E-state index contributed by atoms with van der Waals surface area (Å²) in [6.07, 6.45) is 11.4. The Bertz CT molecular complexity index is 533. The Kier molecular flexibility index (Phi) is 4.11. The molecule has 0 amide bonds. The lowest BCUT2D eigenvalue weighted by atomic mass is 9.45. The highest BCUT2D eigenvalue weighted by atomic mass is 16.8. The summed E-state index contributed by atoms with van der Waals surface area (Å²) < 4.78 is 0. The predicted molar refractivity (Wildman–Crippen MR) is 92.2 cm³/mol. The Morgan fingerprint density at radius 1 is 1.12 bits per heavy atom. The average molecular weight is 335 g/mol. The summed E-state index contributed by atoms with van der Waals surface area (Å²) >= 11 is 0. The van der Waals surface area contributed by atoms with Gasteiger partial charge < -0.3 is 10.3 Å². The van der Waals surface area contributed by atoms with Crippen molar-refractivity contribution >= 4 is 0 Å². The van der Waals surface area contributed by atoms with Gasteiger partial charge >= 0.3 is 0 Å². The second-order valence-electron chi connectivity index (χ2n) is 9.64. The van der Waals surface area contributed by atoms with E-state index < -0.39 is 5.23 Å². The molecule has 3 fully saturated rings. The molecule has 4 aliphatic carbocycles. The van der Waals surface area contributed by atoms with Gasteiger partial charge in [-0.15, -0.1) is 0 Å². The van der Waals surface area contributed by atoms with Crippen molar-refractivity contribution in [2.75, 3.05) is 6.54 Å². The minimum atomic E-state index is -0.688. The summed E-state index contributed by atoms with van der Waals surface area (Å²) in [7, 11) is 0. The van der Waals surface area contributed by atoms with Gasteiger partial charge in [-0.3, -0.25) is 0 Å². The van der Waals surface area contributed by atoms with Crippen LogP contribution in [0.4, 0.5) is 0 Å². The first-order chi connectivity index (χ1) is 11.3. The minimum Gasteiger partial charge on any atom is -0.600 e. The number of hydrogen-bond acceptors (Lipinski definition) is 3. The molecular weight excluding hydrogens is 302 g/mol. The largest absolute Gasteiger partial charge is 0.600 e. The fraction of sp³-hybridized carbons (Fsp3) is 0.900. The van der Waals surface area contributed by atoms with E-state index in [1.165, 1.54) is 32.1 Å². The van der Waals surface area contributed by atoms with Crippen LogP contribution in [-0.4, -0.2) is 23.0 Å². The first-order valence-electron chi connectivity index (χ1n) is 9.92. The van der Waals surface area contributed by atoms with Gasteiger partial charge in [-0.25, -0.2) is 10.4 Å². The first-order valence-corrected chi connectivity index (χ1v) is 9.92. The van der Waals surface area contributed by atoms with Crippen LogP contribution in [0, 0.1) is 39.7 Å². The van der Waals surface area contributed by atoms with Crippen molar-refractivity contribution in [3.8, 4) is 0 Å². The fourth-order valence-electron chi connectivity index (χ4n) is 7.26. The number of aliphatic hydroxyl groups is 1. The molecule has 0 aromatic heterocycles. The number of nitrogens with one attached hydrogen (secondary N) is 1. The molecule has 4 aliphatic rings. The average Bonchev–Trinajstić information content (AvgIpc) is 2.83. The van der Waals surface area contributed by atoms with Gasteiger partial charge in [-0.05, 0) is 91.4 Å². The highest BCUT2D eigenvalue weighted by Gasteiger charge is 2.59. The summed E-state index contributed by atoms with van der Waals surface area (Å²) in [5.74, 6) is 2.90. The topological polar surface area (TPSA) is 68.0 Å². The maximum absolute atomic E-state index is 11.1. The minimum absolute atomic E-state index is 0.0950. The molecule has 4 rings (SSSR count). The summed E-state index contributed by atoms with van der Waals surface area (Å²) in [6, 6.07) is 0. The molecule has 0 aromatic carbocycles. The van der Waals surface area contributed by atoms with Crippen LogP contribution in [0.15, 0.2) is 11.6 Å². The van der Waals surface area contributed by atoms with Crippen LogP contribution in [0.1, 0.15) is 65.2 Å². The van der Waals surface area contributed by atoms with Gasteiger partial charge in [-0.1, -0.05) is 19.9 Å². The molecule has 0 spiro atoms. The van der Waals surface area contributed by atoms with E-state index in [9.17, 15) is 10.3 Å². The standard InChI is InChI=1S/C20H33NO3/c1-19-9-7-13(12-21(23)24)11-14(19)3-4-15-16-5-6-18(22)20(16,2)10-8-17(15)19/h7,14-18,21-23H,3-6,8-12H2,1-2H3. The van der Waals surface area contributed by atoms with Gasteiger partial charge in [0.1, 0.15) is 6.54 Å². The second-order valence-corrected chi connectivity index (χ2v) is 9.64. The van der Waals surface area contributed by atoms with Crippen LogP contribution < -0.4 is 5.23 Å². The van der Waals surface area contributed by atoms with Gasteiger partial charge in [0.25, 0.3) is 0 Å². The monoisotopic (exact) mass is 335 g/mol. The molecule has 8 atom stereocenters. The van der Waals surface area contributed by atoms with Crippen molar-refractivity contribution in [2.45, 2.75) is 71.3 Å². The van der Waals surface area contributed by atoms with Crippen LogP contribution >= 0.6 is 0 Å². The molecule has 0 heterocycles. The van der Waals surface area contributed by atoms with Crippen LogP contribution in [0.2, 0.25) is 0 Å². The molecule has 136 valence electrons. The normalized spacial score (nSPS) is 52.0. The van der Waals surface area contributed by atoms with E-state index in [1.807, 2.05) is 0 Å². The lowest BCUT2D eigenvalue weighted by molar-refractivity contribution is -1.04. The van der Waals surface area contributed by atoms with Crippen molar-refractivity contribution in [1.29, 1.82) is 0 Å². The van der Waals surface area contributed by atoms with Gasteiger partial charge in [0, 0.05) is 0 Å². The number of allylic oxidation sites excluding steroid dienone is 1. The van der Waals surface area contributed by atoms with Gasteiger partial charge in [0.2, 0.25) is 0 Å². The van der Waals surface area contributed by atoms with Crippen molar-refractivity contribution in [3.63, 3.8) is 0 Å². The second kappa shape index (κ2) is 5.80. The van der Waals surface area contributed by atoms with E-state index in [2.05, 4.69) is 19.9 Å². The van der Waals surface area contributed by atoms with E-state index in [1.54, 1.807) is 0 Å². The molecule has 8 unspecified atom stereocenters. The molecule has 0 aliphatic heterocycles. The van der Waals surface area contributed by atoms with Crippen molar-refractivity contribution < 1.29 is 15.5 Å². The number of fused-ring (bicyclic) bond motifs is 5. The van der Waals surface area contributed by atoms with Crippen LogP contribution in [-0.2, 0) is 0 Å². The van der Waals surface area contributed by atoms with Gasteiger partial charge in [0.05, 0.1) is 6.10 Å². The summed E-state index contributed by atoms with van der Waals surface area (Å²) in [5, 5.41) is 30.0. The van der Waals surface area contributed by atoms with Crippen LogP contribution in [0.5, 0.6) is 0 Å². The molecule has 24 heavy (non-hydrogen) atoms. The van der Waals surface area contributed by atoms with Crippen molar-refractivity contribution in [2.24, 2.45) is 34.5 Å². The van der Waals surface area contributed by atoms with Crippen molar-refractivity contribution in [1.82, 2.24) is 0 Å². The van der Waals surface area contributed by atoms with E-state index >= 15 is 0 Å². The molecule has 0 aromatic rings. The molecule has 0 bridgehead atoms. The molecular formula is C20H33NO3. The molecule has 4 nitrogen and oxygen atoms in total. The van der Waals surface area contributed by atoms with E-state index in [0.29, 0.717) is 17.3 Å². The predicted octanol–water partition coefficient (Wildman–Crippen LogP) is 2.70. The SMILES string of the molecule is CC12CCC3C(CCC4CC(C[NH+]([O-])O)=CCC43C)C1CCC2O. The number of aliphatic hydroxyl groups excluding tert-OH is 1. The number of rotatable bonds is 2. The lowest BCUT2D eigenvalue weighted by Crippen LogP contribution is -3.04. The Hall–Kier alpha value is -0.420. The zero-order chi connectivity index (χ0) is 17.1. The number of hydroxylamine groups is 2. The van der Waals surface area contributed by atoms with Gasteiger partial charge in [0.15, 0.2) is 0 Å². The number of hydrogen-bond donors (Lipinski definition) is 3. The quantitative estimate of drug-likeness (QED) is 0.537. The zero-order valence-electron chi connectivity index (χ0n) is 15.1. The summed E-state index contributed by atoms with van der Waals surface area (Å²) in [5.41, 5.74) is 1.66. The van der Waals surface area contributed by atoms with E-state index in [0.717, 1.165) is 36.7 Å². The molecule has 3 saturated carbocycles. The van der Waals surface area contributed by atoms with Gasteiger partial charge in [-0.2, -0.15) is 0 Å². The molecule has 0 saturated heterocycles. The Labute approximate surface area is 145 Å². The van der Waals surface area contributed by atoms with Crippen LogP contribution in [0.3, 0.4) is 0 Å². The zero-order valence-corrected chi connectivity index (χ0v) is 15.1. The summed E-state index contributed by atoms with van der Waals surface area (Å²) in [6.45, 7) is 5.05. The molecule has 0 radical (unpaired) electrons. The maximum Gasteiger partial charge on any atom is 0.128 e. The third kappa shape index (κ3) is 2.41. The van der Waals surface area contributed by atoms with E-state index in [-0.39, 0.29) is 18.1 Å². The highest BCUT2D eigenvalue weighted by Crippen LogP contribution is 2.65. The van der Waals surface area contributed by atoms with Crippen LogP contribution in [0.25, 0.3) is 0 Å². The Morgan fingerprint density at radius 2 is 1.88 bits per heavy atom. The Balaban J connectivity index is 1.57. The fourth-order valence-corrected chi connectivity index (χ4v) is 7.26. The maximum atomic E-state index is 11.1. The Morgan fingerprint density at radius 3 is 2.62 bits per heavy atom. The summed E-state index contributed by atoms with van der Waals surface area (Å²) in [4.78, 5) is 0. The number of quaternary nitrogens is 1. The van der Waals surface area contributed by atoms with Crippen molar-refractivity contribution in [3.05, 3.63) is 16.9 Å². The third-order valence-corrected chi connectivity index (χ3v) is 8.73. The third-order valence-electron chi connectivity index (χ3n) is 8.73.